The smallest absolute Gasteiger partial charge is 0.201 e. The summed E-state index contributed by atoms with van der Waals surface area (Å²) in [7, 11) is 1.75. The molecule has 0 spiro atoms. The second kappa shape index (κ2) is 3.79. The van der Waals surface area contributed by atoms with Gasteiger partial charge in [0, 0.05) is 18.5 Å². The number of aromatic nitrogens is 1. The van der Waals surface area contributed by atoms with Gasteiger partial charge in [0.15, 0.2) is 0 Å². The maximum atomic E-state index is 12.7. The summed E-state index contributed by atoms with van der Waals surface area (Å²) in [5, 5.41) is 21.6. The number of rotatable bonds is 0. The minimum absolute atomic E-state index is 0.0222. The first-order valence-corrected chi connectivity index (χ1v) is 6.43. The third-order valence-electron chi connectivity index (χ3n) is 3.87. The van der Waals surface area contributed by atoms with Gasteiger partial charge in [0.2, 0.25) is 5.43 Å². The highest BCUT2D eigenvalue weighted by molar-refractivity contribution is 6.10. The van der Waals surface area contributed by atoms with Crippen molar-refractivity contribution in [3.05, 3.63) is 46.8 Å². The second-order valence-electron chi connectivity index (χ2n) is 5.01. The van der Waals surface area contributed by atoms with Crippen LogP contribution in [0, 0.1) is 0 Å². The zero-order valence-electron chi connectivity index (χ0n) is 11.1. The Labute approximate surface area is 118 Å². The number of nitrogens with zero attached hydrogens (tertiary/aromatic N) is 1. The normalized spacial score (nSPS) is 11.7. The van der Waals surface area contributed by atoms with E-state index in [0.717, 1.165) is 0 Å². The predicted molar refractivity (Wildman–Crippen MR) is 79.8 cm³/mol. The van der Waals surface area contributed by atoms with Crippen LogP contribution in [0.3, 0.4) is 0 Å². The molecule has 0 atom stereocenters. The van der Waals surface area contributed by atoms with Gasteiger partial charge in [-0.15, -0.1) is 0 Å². The lowest BCUT2D eigenvalue weighted by Gasteiger charge is -2.13. The molecule has 0 radical (unpaired) electrons. The standard InChI is InChI=1S/C16H11NO4/c1-17-14-9(3-2-4-10(14)18)16(20)13-11(19)7-12-8(15(13)17)5-6-21-12/h2-7,18-19H,1H3. The van der Waals surface area contributed by atoms with E-state index >= 15 is 0 Å². The van der Waals surface area contributed by atoms with Crippen molar-refractivity contribution in [3.8, 4) is 11.5 Å². The number of benzene rings is 2. The van der Waals surface area contributed by atoms with E-state index in [-0.39, 0.29) is 22.3 Å². The fourth-order valence-electron chi connectivity index (χ4n) is 2.97. The van der Waals surface area contributed by atoms with Gasteiger partial charge >= 0.3 is 0 Å². The first-order chi connectivity index (χ1) is 10.1. The van der Waals surface area contributed by atoms with Crippen LogP contribution in [-0.4, -0.2) is 14.8 Å². The van der Waals surface area contributed by atoms with E-state index in [9.17, 15) is 15.0 Å². The number of hydrogen-bond donors (Lipinski definition) is 2. The molecular weight excluding hydrogens is 270 g/mol. The zero-order chi connectivity index (χ0) is 14.7. The molecule has 2 aromatic carbocycles. The predicted octanol–water partition coefficient (Wildman–Crippen LogP) is 2.85. The molecule has 0 aliphatic carbocycles. The average Bonchev–Trinajstić information content (AvgIpc) is 2.91. The van der Waals surface area contributed by atoms with E-state index < -0.39 is 0 Å². The molecule has 2 aromatic heterocycles. The molecule has 0 amide bonds. The van der Waals surface area contributed by atoms with Gasteiger partial charge in [0.25, 0.3) is 0 Å². The summed E-state index contributed by atoms with van der Waals surface area (Å²) in [4.78, 5) is 12.7. The molecule has 4 rings (SSSR count). The summed E-state index contributed by atoms with van der Waals surface area (Å²) in [6.07, 6.45) is 1.50. The van der Waals surface area contributed by atoms with Crippen molar-refractivity contribution in [2.75, 3.05) is 0 Å². The molecule has 0 unspecified atom stereocenters. The van der Waals surface area contributed by atoms with Gasteiger partial charge in [-0.3, -0.25) is 4.79 Å². The molecule has 21 heavy (non-hydrogen) atoms. The van der Waals surface area contributed by atoms with Crippen LogP contribution in [0.1, 0.15) is 0 Å². The Bertz CT molecular complexity index is 1090. The molecule has 0 saturated heterocycles. The maximum absolute atomic E-state index is 12.7. The summed E-state index contributed by atoms with van der Waals surface area (Å²) in [6.45, 7) is 0. The zero-order valence-corrected chi connectivity index (χ0v) is 11.1. The van der Waals surface area contributed by atoms with Crippen LogP contribution in [0.5, 0.6) is 11.5 Å². The van der Waals surface area contributed by atoms with Gasteiger partial charge in [-0.1, -0.05) is 6.07 Å². The maximum Gasteiger partial charge on any atom is 0.201 e. The second-order valence-corrected chi connectivity index (χ2v) is 5.01. The van der Waals surface area contributed by atoms with Gasteiger partial charge in [-0.25, -0.2) is 0 Å². The van der Waals surface area contributed by atoms with Crippen LogP contribution in [0.25, 0.3) is 32.8 Å². The van der Waals surface area contributed by atoms with E-state index in [2.05, 4.69) is 0 Å². The topological polar surface area (TPSA) is 75.6 Å². The number of pyridine rings is 1. The number of para-hydroxylation sites is 1. The fourth-order valence-corrected chi connectivity index (χ4v) is 2.97. The van der Waals surface area contributed by atoms with Crippen LogP contribution in [-0.2, 0) is 7.05 Å². The number of fused-ring (bicyclic) bond motifs is 4. The summed E-state index contributed by atoms with van der Waals surface area (Å²) in [5.41, 5.74) is 1.15. The minimum Gasteiger partial charge on any atom is -0.507 e. The van der Waals surface area contributed by atoms with Gasteiger partial charge in [0.1, 0.15) is 17.1 Å². The highest BCUT2D eigenvalue weighted by Gasteiger charge is 2.18. The van der Waals surface area contributed by atoms with Crippen molar-refractivity contribution in [2.24, 2.45) is 7.05 Å². The summed E-state index contributed by atoms with van der Waals surface area (Å²) in [5.74, 6) is -0.104. The Kier molecular flexibility index (Phi) is 2.14. The number of hydrogen-bond acceptors (Lipinski definition) is 4. The van der Waals surface area contributed by atoms with Gasteiger partial charge in [-0.05, 0) is 18.2 Å². The Morgan fingerprint density at radius 2 is 1.86 bits per heavy atom. The van der Waals surface area contributed by atoms with E-state index in [1.165, 1.54) is 18.4 Å². The third-order valence-corrected chi connectivity index (χ3v) is 3.87. The summed E-state index contributed by atoms with van der Waals surface area (Å²) < 4.78 is 7.01. The molecule has 4 aromatic rings. The highest BCUT2D eigenvalue weighted by atomic mass is 16.3. The lowest BCUT2D eigenvalue weighted by atomic mass is 10.1. The highest BCUT2D eigenvalue weighted by Crippen LogP contribution is 2.34. The molecule has 5 heteroatoms. The lowest BCUT2D eigenvalue weighted by molar-refractivity contribution is 0.477. The number of aryl methyl sites for hydroxylation is 1. The SMILES string of the molecule is Cn1c2c(O)cccc2c(=O)c2c(O)cc3occc3c21. The van der Waals surface area contributed by atoms with Crippen molar-refractivity contribution >= 4 is 32.8 Å². The quantitative estimate of drug-likeness (QED) is 0.486. The molecule has 0 fully saturated rings. The van der Waals surface area contributed by atoms with Crippen LogP contribution >= 0.6 is 0 Å². The molecule has 0 bridgehead atoms. The van der Waals surface area contributed by atoms with E-state index in [1.54, 1.807) is 29.8 Å². The molecular formula is C16H11NO4. The Hall–Kier alpha value is -2.95. The number of phenols is 2. The number of aromatic hydroxyl groups is 2. The lowest BCUT2D eigenvalue weighted by Crippen LogP contribution is -2.09. The molecule has 2 N–H and O–H groups in total. The molecule has 2 heterocycles. The van der Waals surface area contributed by atoms with Crippen molar-refractivity contribution in [1.82, 2.24) is 4.57 Å². The van der Waals surface area contributed by atoms with Gasteiger partial charge in [0.05, 0.1) is 28.1 Å². The molecule has 104 valence electrons. The minimum atomic E-state index is -0.311. The Balaban J connectivity index is 2.48. The van der Waals surface area contributed by atoms with Crippen molar-refractivity contribution in [2.45, 2.75) is 0 Å². The van der Waals surface area contributed by atoms with Gasteiger partial charge in [-0.2, -0.15) is 0 Å². The van der Waals surface area contributed by atoms with Crippen LogP contribution < -0.4 is 5.43 Å². The van der Waals surface area contributed by atoms with E-state index in [1.807, 2.05) is 0 Å². The van der Waals surface area contributed by atoms with Crippen molar-refractivity contribution in [3.63, 3.8) is 0 Å². The van der Waals surface area contributed by atoms with Gasteiger partial charge < -0.3 is 19.2 Å². The van der Waals surface area contributed by atoms with Crippen LogP contribution in [0.4, 0.5) is 0 Å². The number of furan rings is 1. The molecule has 5 nitrogen and oxygen atoms in total. The summed E-state index contributed by atoms with van der Waals surface area (Å²) >= 11 is 0. The Morgan fingerprint density at radius 1 is 1.05 bits per heavy atom. The molecule has 0 aliphatic heterocycles. The van der Waals surface area contributed by atoms with E-state index in [4.69, 9.17) is 4.42 Å². The largest absolute Gasteiger partial charge is 0.507 e. The van der Waals surface area contributed by atoms with Crippen LogP contribution in [0.2, 0.25) is 0 Å². The first-order valence-electron chi connectivity index (χ1n) is 6.43. The average molecular weight is 281 g/mol. The third kappa shape index (κ3) is 1.37. The number of phenolic OH excluding ortho intramolecular Hbond substituents is 2. The fraction of sp³-hybridized carbons (Fsp3) is 0.0625. The van der Waals surface area contributed by atoms with Crippen LogP contribution in [0.15, 0.2) is 45.8 Å². The van der Waals surface area contributed by atoms with Crippen molar-refractivity contribution in [1.29, 1.82) is 0 Å². The monoisotopic (exact) mass is 281 g/mol. The first kappa shape index (κ1) is 11.8. The summed E-state index contributed by atoms with van der Waals surface area (Å²) in [6, 6.07) is 7.95. The molecule has 0 aliphatic rings. The van der Waals surface area contributed by atoms with E-state index in [0.29, 0.717) is 27.4 Å². The Morgan fingerprint density at radius 3 is 2.67 bits per heavy atom. The van der Waals surface area contributed by atoms with Crippen molar-refractivity contribution < 1.29 is 14.6 Å². The molecule has 0 saturated carbocycles.